The van der Waals surface area contributed by atoms with Crippen molar-refractivity contribution in [3.8, 4) is 11.3 Å². The lowest BCUT2D eigenvalue weighted by atomic mass is 10.1. The van der Waals surface area contributed by atoms with E-state index in [0.29, 0.717) is 16.3 Å². The number of hydrogen-bond acceptors (Lipinski definition) is 6. The molecular weight excluding hydrogens is 436 g/mol. The molecule has 0 radical (unpaired) electrons. The summed E-state index contributed by atoms with van der Waals surface area (Å²) in [5.41, 5.74) is 3.73. The smallest absolute Gasteiger partial charge is 0.273 e. The Hall–Kier alpha value is -3.50. The molecule has 0 aliphatic heterocycles. The summed E-state index contributed by atoms with van der Waals surface area (Å²) in [7, 11) is -3.93. The van der Waals surface area contributed by atoms with E-state index in [-0.39, 0.29) is 10.8 Å². The summed E-state index contributed by atoms with van der Waals surface area (Å²) < 4.78 is 27.7. The predicted octanol–water partition coefficient (Wildman–Crippen LogP) is 3.45. The molecule has 0 aliphatic rings. The van der Waals surface area contributed by atoms with Crippen LogP contribution in [0.15, 0.2) is 65.0 Å². The van der Waals surface area contributed by atoms with E-state index in [1.807, 2.05) is 42.1 Å². The van der Waals surface area contributed by atoms with Gasteiger partial charge in [-0.3, -0.25) is 14.0 Å². The minimum absolute atomic E-state index is 0.0732. The van der Waals surface area contributed by atoms with Crippen molar-refractivity contribution in [3.05, 3.63) is 71.4 Å². The highest BCUT2D eigenvalue weighted by Crippen LogP contribution is 2.25. The van der Waals surface area contributed by atoms with Gasteiger partial charge in [0.1, 0.15) is 5.69 Å². The molecule has 158 valence electrons. The Morgan fingerprint density at radius 2 is 1.71 bits per heavy atom. The predicted molar refractivity (Wildman–Crippen MR) is 119 cm³/mol. The standard InChI is InChI=1S/C21H18N4O4S2/c1-13-3-5-15(6-4-13)18-11-25-19(12-30-21(25)23-18)20(27)22-16-7-9-17(10-8-16)31(28,29)24-14(2)26/h3-12H,1-2H3,(H,22,27)(H,24,26). The molecule has 2 aromatic carbocycles. The summed E-state index contributed by atoms with van der Waals surface area (Å²) in [6.07, 6.45) is 1.81. The van der Waals surface area contributed by atoms with Crippen molar-refractivity contribution in [3.63, 3.8) is 0 Å². The zero-order valence-electron chi connectivity index (χ0n) is 16.6. The number of thiazole rings is 1. The first-order chi connectivity index (χ1) is 14.7. The SMILES string of the molecule is CC(=O)NS(=O)(=O)c1ccc(NC(=O)c2csc3nc(-c4ccc(C)cc4)cn23)cc1. The molecule has 0 atom stereocenters. The number of carbonyl (C=O) groups excluding carboxylic acids is 2. The van der Waals surface area contributed by atoms with E-state index in [1.165, 1.54) is 35.6 Å². The first-order valence-corrected chi connectivity index (χ1v) is 11.6. The number of sulfonamides is 1. The van der Waals surface area contributed by atoms with E-state index in [0.717, 1.165) is 23.7 Å². The second-order valence-electron chi connectivity index (χ2n) is 6.91. The number of hydrogen-bond donors (Lipinski definition) is 2. The molecular formula is C21H18N4O4S2. The number of fused-ring (bicyclic) bond motifs is 1. The molecule has 31 heavy (non-hydrogen) atoms. The Bertz CT molecular complexity index is 1390. The topological polar surface area (TPSA) is 110 Å². The van der Waals surface area contributed by atoms with Crippen molar-refractivity contribution in [1.82, 2.24) is 14.1 Å². The van der Waals surface area contributed by atoms with Gasteiger partial charge in [0.2, 0.25) is 5.91 Å². The Balaban J connectivity index is 1.55. The number of benzene rings is 2. The first-order valence-electron chi connectivity index (χ1n) is 9.21. The van der Waals surface area contributed by atoms with Gasteiger partial charge in [-0.1, -0.05) is 29.8 Å². The molecule has 2 heterocycles. The van der Waals surface area contributed by atoms with Crippen LogP contribution in [-0.2, 0) is 14.8 Å². The Kier molecular flexibility index (Phi) is 5.34. The van der Waals surface area contributed by atoms with E-state index in [9.17, 15) is 18.0 Å². The van der Waals surface area contributed by atoms with E-state index in [2.05, 4.69) is 10.3 Å². The lowest BCUT2D eigenvalue weighted by Gasteiger charge is -2.07. The molecule has 0 saturated heterocycles. The fourth-order valence-electron chi connectivity index (χ4n) is 2.97. The van der Waals surface area contributed by atoms with Gasteiger partial charge < -0.3 is 5.32 Å². The van der Waals surface area contributed by atoms with Crippen molar-refractivity contribution in [1.29, 1.82) is 0 Å². The van der Waals surface area contributed by atoms with Gasteiger partial charge in [-0.15, -0.1) is 11.3 Å². The average Bonchev–Trinajstić information content (AvgIpc) is 3.29. The molecule has 0 unspecified atom stereocenters. The summed E-state index contributed by atoms with van der Waals surface area (Å²) in [5.74, 6) is -1.03. The molecule has 2 N–H and O–H groups in total. The Morgan fingerprint density at radius 1 is 1.03 bits per heavy atom. The third-order valence-corrected chi connectivity index (χ3v) is 6.78. The second kappa shape index (κ2) is 7.97. The van der Waals surface area contributed by atoms with Crippen molar-refractivity contribution in [2.24, 2.45) is 0 Å². The minimum atomic E-state index is -3.93. The summed E-state index contributed by atoms with van der Waals surface area (Å²) >= 11 is 1.35. The maximum atomic E-state index is 12.8. The van der Waals surface area contributed by atoms with Crippen LogP contribution in [-0.4, -0.2) is 29.6 Å². The molecule has 4 rings (SSSR count). The minimum Gasteiger partial charge on any atom is -0.321 e. The van der Waals surface area contributed by atoms with Crippen LogP contribution in [0.5, 0.6) is 0 Å². The number of aromatic nitrogens is 2. The number of aryl methyl sites for hydroxylation is 1. The Morgan fingerprint density at radius 3 is 2.35 bits per heavy atom. The lowest BCUT2D eigenvalue weighted by Crippen LogP contribution is -2.28. The normalized spacial score (nSPS) is 11.4. The fraction of sp³-hybridized carbons (Fsp3) is 0.0952. The van der Waals surface area contributed by atoms with Crippen LogP contribution in [0.3, 0.4) is 0 Å². The van der Waals surface area contributed by atoms with Crippen molar-refractivity contribution < 1.29 is 18.0 Å². The van der Waals surface area contributed by atoms with Gasteiger partial charge in [0, 0.05) is 29.8 Å². The zero-order valence-corrected chi connectivity index (χ0v) is 18.3. The third kappa shape index (κ3) is 4.35. The van der Waals surface area contributed by atoms with E-state index < -0.39 is 15.9 Å². The molecule has 4 aromatic rings. The molecule has 0 saturated carbocycles. The molecule has 0 aliphatic carbocycles. The van der Waals surface area contributed by atoms with Gasteiger partial charge in [-0.2, -0.15) is 0 Å². The van der Waals surface area contributed by atoms with Crippen molar-refractivity contribution in [2.75, 3.05) is 5.32 Å². The van der Waals surface area contributed by atoms with E-state index >= 15 is 0 Å². The highest BCUT2D eigenvalue weighted by atomic mass is 32.2. The number of amides is 2. The van der Waals surface area contributed by atoms with Gasteiger partial charge in [0.25, 0.3) is 15.9 Å². The van der Waals surface area contributed by atoms with Gasteiger partial charge in [0.15, 0.2) is 4.96 Å². The van der Waals surface area contributed by atoms with E-state index in [4.69, 9.17) is 0 Å². The molecule has 2 amide bonds. The molecule has 0 fully saturated rings. The molecule has 0 bridgehead atoms. The maximum absolute atomic E-state index is 12.8. The highest BCUT2D eigenvalue weighted by molar-refractivity contribution is 7.90. The average molecular weight is 455 g/mol. The third-order valence-electron chi connectivity index (χ3n) is 4.49. The molecule has 2 aromatic heterocycles. The summed E-state index contributed by atoms with van der Waals surface area (Å²) in [6.45, 7) is 3.13. The van der Waals surface area contributed by atoms with Crippen LogP contribution in [0.25, 0.3) is 16.2 Å². The van der Waals surface area contributed by atoms with Gasteiger partial charge >= 0.3 is 0 Å². The summed E-state index contributed by atoms with van der Waals surface area (Å²) in [6, 6.07) is 13.5. The maximum Gasteiger partial charge on any atom is 0.273 e. The number of anilines is 1. The first kappa shape index (κ1) is 20.8. The van der Waals surface area contributed by atoms with Crippen LogP contribution in [0, 0.1) is 6.92 Å². The number of imidazole rings is 1. The van der Waals surface area contributed by atoms with Crippen molar-refractivity contribution >= 4 is 43.8 Å². The van der Waals surface area contributed by atoms with Gasteiger partial charge in [0.05, 0.1) is 10.6 Å². The number of rotatable bonds is 5. The number of nitrogens with zero attached hydrogens (tertiary/aromatic N) is 2. The monoisotopic (exact) mass is 454 g/mol. The number of nitrogens with one attached hydrogen (secondary N) is 2. The number of carbonyl (C=O) groups is 2. The van der Waals surface area contributed by atoms with Crippen LogP contribution < -0.4 is 10.0 Å². The van der Waals surface area contributed by atoms with Crippen LogP contribution in [0.4, 0.5) is 5.69 Å². The molecule has 10 heteroatoms. The zero-order chi connectivity index (χ0) is 22.2. The van der Waals surface area contributed by atoms with Crippen LogP contribution in [0.2, 0.25) is 0 Å². The van der Waals surface area contributed by atoms with Crippen LogP contribution >= 0.6 is 11.3 Å². The molecule has 0 spiro atoms. The largest absolute Gasteiger partial charge is 0.321 e. The highest BCUT2D eigenvalue weighted by Gasteiger charge is 2.17. The fourth-order valence-corrected chi connectivity index (χ4v) is 4.82. The summed E-state index contributed by atoms with van der Waals surface area (Å²) in [5, 5.41) is 4.46. The van der Waals surface area contributed by atoms with Gasteiger partial charge in [-0.25, -0.2) is 18.1 Å². The Labute approximate surface area is 182 Å². The van der Waals surface area contributed by atoms with E-state index in [1.54, 1.807) is 9.78 Å². The van der Waals surface area contributed by atoms with Crippen molar-refractivity contribution in [2.45, 2.75) is 18.7 Å². The second-order valence-corrected chi connectivity index (χ2v) is 9.42. The quantitative estimate of drug-likeness (QED) is 0.480. The lowest BCUT2D eigenvalue weighted by molar-refractivity contribution is -0.117. The summed E-state index contributed by atoms with van der Waals surface area (Å²) in [4.78, 5) is 29.0. The van der Waals surface area contributed by atoms with Crippen LogP contribution in [0.1, 0.15) is 23.0 Å². The van der Waals surface area contributed by atoms with Gasteiger partial charge in [-0.05, 0) is 31.2 Å². The molecule has 8 nitrogen and oxygen atoms in total.